The summed E-state index contributed by atoms with van der Waals surface area (Å²) in [5.41, 5.74) is 1.88. The normalized spacial score (nSPS) is 21.6. The molecule has 3 nitrogen and oxygen atoms in total. The molecule has 0 spiro atoms. The third-order valence-corrected chi connectivity index (χ3v) is 3.39. The van der Waals surface area contributed by atoms with E-state index in [0.717, 1.165) is 19.1 Å². The smallest absolute Gasteiger partial charge is 0.0794 e. The van der Waals surface area contributed by atoms with Gasteiger partial charge in [0.2, 0.25) is 0 Å². The Bertz CT molecular complexity index is 242. The van der Waals surface area contributed by atoms with Crippen LogP contribution in [0.5, 0.6) is 0 Å². The Balaban J connectivity index is 1.55. The molecule has 0 aliphatic carbocycles. The van der Waals surface area contributed by atoms with Crippen LogP contribution in [0.25, 0.3) is 0 Å². The quantitative estimate of drug-likeness (QED) is 0.722. The fraction of sp³-hybridized carbons (Fsp3) is 0.700. The van der Waals surface area contributed by atoms with E-state index in [4.69, 9.17) is 0 Å². The number of rotatable bonds is 5. The molecule has 1 aromatic heterocycles. The molecule has 1 aliphatic rings. The second-order valence-corrected chi connectivity index (χ2v) is 4.70. The van der Waals surface area contributed by atoms with Gasteiger partial charge in [-0.15, -0.1) is 11.3 Å². The lowest BCUT2D eigenvalue weighted by atomic mass is 10.1. The molecular weight excluding hydrogens is 194 g/mol. The monoisotopic (exact) mass is 211 g/mol. The average molecular weight is 211 g/mol. The maximum Gasteiger partial charge on any atom is 0.0794 e. The Morgan fingerprint density at radius 2 is 2.64 bits per heavy atom. The van der Waals surface area contributed by atoms with Crippen molar-refractivity contribution >= 4 is 11.3 Å². The van der Waals surface area contributed by atoms with Crippen LogP contribution >= 0.6 is 11.3 Å². The van der Waals surface area contributed by atoms with Gasteiger partial charge < -0.3 is 10.6 Å². The summed E-state index contributed by atoms with van der Waals surface area (Å²) in [4.78, 5) is 5.37. The van der Waals surface area contributed by atoms with Crippen LogP contribution in [0.3, 0.4) is 0 Å². The molecule has 0 amide bonds. The topological polar surface area (TPSA) is 37.0 Å². The summed E-state index contributed by atoms with van der Waals surface area (Å²) in [5.74, 6) is 0. The van der Waals surface area contributed by atoms with Gasteiger partial charge in [-0.25, -0.2) is 0 Å². The van der Waals surface area contributed by atoms with Gasteiger partial charge in [0, 0.05) is 23.7 Å². The van der Waals surface area contributed by atoms with E-state index in [2.05, 4.69) is 15.6 Å². The lowest BCUT2D eigenvalue weighted by Gasteiger charge is -2.09. The summed E-state index contributed by atoms with van der Waals surface area (Å²) in [6.07, 6.45) is 5.88. The molecular formula is C10H17N3S. The first-order valence-corrected chi connectivity index (χ1v) is 6.14. The van der Waals surface area contributed by atoms with Crippen molar-refractivity contribution in [2.24, 2.45) is 0 Å². The zero-order valence-corrected chi connectivity index (χ0v) is 9.15. The van der Waals surface area contributed by atoms with Gasteiger partial charge in [-0.3, -0.25) is 4.98 Å². The molecule has 14 heavy (non-hydrogen) atoms. The minimum atomic E-state index is 0.754. The molecule has 1 atom stereocenters. The number of nitrogens with zero attached hydrogens (tertiary/aromatic N) is 1. The first kappa shape index (κ1) is 10.1. The Labute approximate surface area is 88.9 Å². The Kier molecular flexibility index (Phi) is 3.91. The summed E-state index contributed by atoms with van der Waals surface area (Å²) in [6, 6.07) is 0.754. The van der Waals surface area contributed by atoms with Crippen molar-refractivity contribution in [3.8, 4) is 0 Å². The van der Waals surface area contributed by atoms with Crippen LogP contribution in [0.2, 0.25) is 0 Å². The van der Waals surface area contributed by atoms with Crippen LogP contribution in [0.4, 0.5) is 0 Å². The predicted molar refractivity (Wildman–Crippen MR) is 59.5 cm³/mol. The molecule has 1 aliphatic heterocycles. The third-order valence-electron chi connectivity index (χ3n) is 2.61. The third kappa shape index (κ3) is 3.04. The first-order valence-electron chi connectivity index (χ1n) is 5.26. The number of nitrogens with one attached hydrogen (secondary N) is 2. The number of hydrogen-bond acceptors (Lipinski definition) is 4. The van der Waals surface area contributed by atoms with Gasteiger partial charge in [-0.1, -0.05) is 0 Å². The standard InChI is InChI=1S/C10H17N3S/c1-2-9(13-4-1)3-5-11-6-10-7-12-8-14-10/h7-9,11,13H,1-6H2. The van der Waals surface area contributed by atoms with E-state index >= 15 is 0 Å². The van der Waals surface area contributed by atoms with Crippen molar-refractivity contribution in [2.75, 3.05) is 13.1 Å². The van der Waals surface area contributed by atoms with Crippen LogP contribution in [0.1, 0.15) is 24.1 Å². The fourth-order valence-corrected chi connectivity index (χ4v) is 2.38. The van der Waals surface area contributed by atoms with Gasteiger partial charge in [0.05, 0.1) is 5.51 Å². The van der Waals surface area contributed by atoms with Gasteiger partial charge in [0.1, 0.15) is 0 Å². The number of aromatic nitrogens is 1. The van der Waals surface area contributed by atoms with Crippen LogP contribution in [0, 0.1) is 0 Å². The Hall–Kier alpha value is -0.450. The summed E-state index contributed by atoms with van der Waals surface area (Å²) in [6.45, 7) is 3.28. The molecule has 0 bridgehead atoms. The lowest BCUT2D eigenvalue weighted by molar-refractivity contribution is 0.524. The first-order chi connectivity index (χ1) is 6.95. The van der Waals surface area contributed by atoms with Crippen LogP contribution in [-0.4, -0.2) is 24.1 Å². The van der Waals surface area contributed by atoms with E-state index in [9.17, 15) is 0 Å². The van der Waals surface area contributed by atoms with Crippen LogP contribution in [0.15, 0.2) is 11.7 Å². The van der Waals surface area contributed by atoms with Gasteiger partial charge in [-0.2, -0.15) is 0 Å². The zero-order chi connectivity index (χ0) is 9.64. The second-order valence-electron chi connectivity index (χ2n) is 3.73. The summed E-state index contributed by atoms with van der Waals surface area (Å²) in [7, 11) is 0. The van der Waals surface area contributed by atoms with Gasteiger partial charge >= 0.3 is 0 Å². The van der Waals surface area contributed by atoms with Crippen molar-refractivity contribution in [3.63, 3.8) is 0 Å². The molecule has 2 heterocycles. The van der Waals surface area contributed by atoms with Crippen molar-refractivity contribution in [2.45, 2.75) is 31.8 Å². The van der Waals surface area contributed by atoms with Crippen molar-refractivity contribution in [1.82, 2.24) is 15.6 Å². The molecule has 1 unspecified atom stereocenters. The highest BCUT2D eigenvalue weighted by Crippen LogP contribution is 2.08. The zero-order valence-electron chi connectivity index (χ0n) is 8.33. The molecule has 0 aromatic carbocycles. The number of thiazole rings is 1. The van der Waals surface area contributed by atoms with E-state index in [-0.39, 0.29) is 0 Å². The molecule has 1 saturated heterocycles. The Morgan fingerprint density at radius 3 is 3.36 bits per heavy atom. The predicted octanol–water partition coefficient (Wildman–Crippen LogP) is 1.37. The van der Waals surface area contributed by atoms with E-state index in [1.165, 1.54) is 30.7 Å². The molecule has 2 rings (SSSR count). The minimum absolute atomic E-state index is 0.754. The summed E-state index contributed by atoms with van der Waals surface area (Å²) < 4.78 is 0. The van der Waals surface area contributed by atoms with Crippen LogP contribution < -0.4 is 10.6 Å². The van der Waals surface area contributed by atoms with Crippen molar-refractivity contribution in [1.29, 1.82) is 0 Å². The van der Waals surface area contributed by atoms with E-state index in [1.54, 1.807) is 11.3 Å². The maximum atomic E-state index is 4.04. The van der Waals surface area contributed by atoms with E-state index in [0.29, 0.717) is 0 Å². The molecule has 1 aromatic rings. The molecule has 4 heteroatoms. The molecule has 0 saturated carbocycles. The maximum absolute atomic E-state index is 4.04. The molecule has 1 fully saturated rings. The largest absolute Gasteiger partial charge is 0.314 e. The fourth-order valence-electron chi connectivity index (χ4n) is 1.82. The SMILES string of the molecule is c1ncc(CNCCC2CCCN2)s1. The highest BCUT2D eigenvalue weighted by molar-refractivity contribution is 7.09. The van der Waals surface area contributed by atoms with Crippen molar-refractivity contribution < 1.29 is 0 Å². The van der Waals surface area contributed by atoms with E-state index in [1.807, 2.05) is 11.7 Å². The van der Waals surface area contributed by atoms with E-state index < -0.39 is 0 Å². The average Bonchev–Trinajstić information content (AvgIpc) is 2.86. The van der Waals surface area contributed by atoms with Crippen molar-refractivity contribution in [3.05, 3.63) is 16.6 Å². The second kappa shape index (κ2) is 5.44. The minimum Gasteiger partial charge on any atom is -0.314 e. The van der Waals surface area contributed by atoms with Gasteiger partial charge in [0.25, 0.3) is 0 Å². The van der Waals surface area contributed by atoms with Crippen LogP contribution in [-0.2, 0) is 6.54 Å². The summed E-state index contributed by atoms with van der Waals surface area (Å²) in [5, 5.41) is 6.95. The summed E-state index contributed by atoms with van der Waals surface area (Å²) >= 11 is 1.72. The molecule has 0 radical (unpaired) electrons. The lowest BCUT2D eigenvalue weighted by Crippen LogP contribution is -2.26. The highest BCUT2D eigenvalue weighted by atomic mass is 32.1. The van der Waals surface area contributed by atoms with Gasteiger partial charge in [0.15, 0.2) is 0 Å². The Morgan fingerprint density at radius 1 is 1.64 bits per heavy atom. The highest BCUT2D eigenvalue weighted by Gasteiger charge is 2.12. The molecule has 78 valence electrons. The number of hydrogen-bond donors (Lipinski definition) is 2. The molecule has 2 N–H and O–H groups in total. The van der Waals surface area contributed by atoms with Gasteiger partial charge in [-0.05, 0) is 32.4 Å².